The minimum absolute atomic E-state index is 0.0449. The minimum atomic E-state index is -2.65. The Kier molecular flexibility index (Phi) is 5.80. The zero-order valence-corrected chi connectivity index (χ0v) is 19.2. The molecule has 1 aromatic carbocycles. The molecule has 180 valence electrons. The molecule has 3 aliphatic carbocycles. The summed E-state index contributed by atoms with van der Waals surface area (Å²) in [6, 6.07) is 2.09. The first-order valence-corrected chi connectivity index (χ1v) is 11.2. The summed E-state index contributed by atoms with van der Waals surface area (Å²) in [5.41, 5.74) is 3.76. The van der Waals surface area contributed by atoms with Crippen molar-refractivity contribution in [3.05, 3.63) is 34.4 Å². The number of carbonyl (C=O) groups excluding carboxylic acids is 3. The summed E-state index contributed by atoms with van der Waals surface area (Å²) in [6.45, 7) is 1.89. The van der Waals surface area contributed by atoms with E-state index in [1.54, 1.807) is 25.1 Å². The quantitative estimate of drug-likeness (QED) is 0.297. The molecule has 0 bridgehead atoms. The van der Waals surface area contributed by atoms with Gasteiger partial charge in [-0.1, -0.05) is 18.8 Å². The minimum Gasteiger partial charge on any atom is -0.507 e. The number of nitrogens with two attached hydrogens (primary N) is 1. The highest BCUT2D eigenvalue weighted by atomic mass is 16.3. The molecular weight excluding hydrogens is 440 g/mol. The molecule has 0 saturated heterocycles. The molecule has 0 spiro atoms. The Morgan fingerprint density at radius 1 is 1.26 bits per heavy atom. The smallest absolute Gasteiger partial charge is 0.230 e. The molecule has 2 saturated carbocycles. The van der Waals surface area contributed by atoms with Crippen LogP contribution in [0, 0.1) is 29.6 Å². The number of benzene rings is 1. The molecule has 1 aromatic rings. The van der Waals surface area contributed by atoms with Gasteiger partial charge in [-0.05, 0) is 50.6 Å². The van der Waals surface area contributed by atoms with Crippen LogP contribution in [0.2, 0.25) is 0 Å². The van der Waals surface area contributed by atoms with Crippen LogP contribution in [-0.4, -0.2) is 74.6 Å². The second kappa shape index (κ2) is 8.24. The fourth-order valence-corrected chi connectivity index (χ4v) is 5.91. The van der Waals surface area contributed by atoms with Gasteiger partial charge in [-0.15, -0.1) is 0 Å². The maximum atomic E-state index is 13.7. The van der Waals surface area contributed by atoms with Crippen molar-refractivity contribution in [3.63, 3.8) is 0 Å². The Bertz CT molecular complexity index is 1190. The van der Waals surface area contributed by atoms with E-state index < -0.39 is 58.7 Å². The second-order valence-corrected chi connectivity index (χ2v) is 9.43. The second-order valence-electron chi connectivity index (χ2n) is 9.43. The van der Waals surface area contributed by atoms with Crippen molar-refractivity contribution in [2.45, 2.75) is 43.9 Å². The van der Waals surface area contributed by atoms with Crippen LogP contribution in [-0.2, 0) is 20.8 Å². The lowest BCUT2D eigenvalue weighted by Gasteiger charge is -2.53. The van der Waals surface area contributed by atoms with Crippen molar-refractivity contribution in [3.8, 4) is 17.6 Å². The average molecular weight is 469 g/mol. The van der Waals surface area contributed by atoms with Gasteiger partial charge < -0.3 is 31.1 Å². The van der Waals surface area contributed by atoms with E-state index in [0.717, 1.165) is 0 Å². The summed E-state index contributed by atoms with van der Waals surface area (Å²) < 4.78 is 0. The van der Waals surface area contributed by atoms with E-state index in [1.807, 2.05) is 6.92 Å². The van der Waals surface area contributed by atoms with Crippen LogP contribution in [0.3, 0.4) is 0 Å². The summed E-state index contributed by atoms with van der Waals surface area (Å²) in [5, 5.41) is 44.0. The van der Waals surface area contributed by atoms with Gasteiger partial charge in [0.1, 0.15) is 17.4 Å². The van der Waals surface area contributed by atoms with Gasteiger partial charge in [0.15, 0.2) is 11.4 Å². The van der Waals surface area contributed by atoms with Crippen molar-refractivity contribution in [2.75, 3.05) is 14.1 Å². The first-order chi connectivity index (χ1) is 16.0. The highest BCUT2D eigenvalue weighted by molar-refractivity contribution is 6.25. The number of aliphatic hydroxyl groups is 3. The highest BCUT2D eigenvalue weighted by Crippen LogP contribution is 2.52. The van der Waals surface area contributed by atoms with Gasteiger partial charge in [-0.25, -0.2) is 0 Å². The first kappa shape index (κ1) is 24.0. The Balaban J connectivity index is 1.93. The van der Waals surface area contributed by atoms with Crippen LogP contribution in [0.25, 0.3) is 5.76 Å². The van der Waals surface area contributed by atoms with Gasteiger partial charge >= 0.3 is 0 Å². The van der Waals surface area contributed by atoms with E-state index in [1.165, 1.54) is 6.07 Å². The van der Waals surface area contributed by atoms with E-state index in [2.05, 4.69) is 11.8 Å². The lowest BCUT2D eigenvalue weighted by atomic mass is 9.54. The summed E-state index contributed by atoms with van der Waals surface area (Å²) in [4.78, 5) is 40.6. The number of ketones is 2. The van der Waals surface area contributed by atoms with E-state index in [9.17, 15) is 34.8 Å². The molecule has 0 aromatic heterocycles. The van der Waals surface area contributed by atoms with Crippen LogP contribution in [0.1, 0.15) is 36.5 Å². The van der Waals surface area contributed by atoms with E-state index in [0.29, 0.717) is 17.5 Å². The molecule has 2 unspecified atom stereocenters. The topological polar surface area (TPSA) is 161 Å². The van der Waals surface area contributed by atoms with Gasteiger partial charge in [0.25, 0.3) is 0 Å². The highest BCUT2D eigenvalue weighted by Gasteiger charge is 2.67. The van der Waals surface area contributed by atoms with Gasteiger partial charge in [0.2, 0.25) is 11.7 Å². The zero-order chi connectivity index (χ0) is 25.1. The standard InChI is InChI=1S/C25H28N2O7/c1-4-5-6-11-7-8-15(28)17-13(11)9-12-10-14-19(27(2)3)21(30)18(24(26)33)23(32)25(14,34)22(31)16(12)20(17)29/h7-8,12,14,18-19,21,28-30,34H,4,9-10H2,1-3H3,(H2,26,33)/t12-,14-,18?,19-,21?,25-/m1/s1. The number of phenolic OH excluding ortho intramolecular Hbond substituents is 1. The molecule has 9 heteroatoms. The number of amides is 1. The number of carbonyl (C=O) groups is 3. The maximum absolute atomic E-state index is 13.7. The molecule has 6 N–H and O–H groups in total. The maximum Gasteiger partial charge on any atom is 0.230 e. The molecule has 34 heavy (non-hydrogen) atoms. The van der Waals surface area contributed by atoms with Crippen molar-refractivity contribution >= 4 is 23.2 Å². The third-order valence-corrected chi connectivity index (χ3v) is 7.37. The molecule has 6 atom stereocenters. The van der Waals surface area contributed by atoms with Crippen molar-refractivity contribution in [1.29, 1.82) is 0 Å². The van der Waals surface area contributed by atoms with Crippen LogP contribution >= 0.6 is 0 Å². The van der Waals surface area contributed by atoms with Gasteiger partial charge in [-0.2, -0.15) is 0 Å². The van der Waals surface area contributed by atoms with Crippen molar-refractivity contribution in [1.82, 2.24) is 4.90 Å². The molecule has 9 nitrogen and oxygen atoms in total. The number of aromatic hydroxyl groups is 1. The molecular formula is C25H28N2O7. The number of fused-ring (bicyclic) bond motifs is 3. The number of Topliss-reactive ketones (excluding diaryl/α,β-unsaturated/α-hetero) is 2. The molecule has 3 aliphatic rings. The fraction of sp³-hybridized carbons (Fsp3) is 0.480. The Morgan fingerprint density at radius 2 is 1.94 bits per heavy atom. The summed E-state index contributed by atoms with van der Waals surface area (Å²) >= 11 is 0. The van der Waals surface area contributed by atoms with Crippen LogP contribution in [0.15, 0.2) is 17.7 Å². The number of hydrogen-bond donors (Lipinski definition) is 5. The predicted molar refractivity (Wildman–Crippen MR) is 121 cm³/mol. The third kappa shape index (κ3) is 3.17. The van der Waals surface area contributed by atoms with E-state index in [4.69, 9.17) is 5.73 Å². The third-order valence-electron chi connectivity index (χ3n) is 7.37. The average Bonchev–Trinajstić information content (AvgIpc) is 2.75. The SMILES string of the molecule is CCC#Cc1ccc(O)c2c1C[C@@H]1C[C@@H]3[C@@H](N(C)C)C(O)C(C(N)=O)C(=O)[C@]3(O)C(=O)C1=C2O. The first-order valence-electron chi connectivity index (χ1n) is 11.2. The normalized spacial score (nSPS) is 32.5. The molecule has 1 amide bonds. The molecule has 2 fully saturated rings. The number of phenols is 1. The van der Waals surface area contributed by atoms with E-state index in [-0.39, 0.29) is 29.7 Å². The Hall–Kier alpha value is -3.19. The van der Waals surface area contributed by atoms with Gasteiger partial charge in [0.05, 0.1) is 11.7 Å². The predicted octanol–water partition coefficient (Wildman–Crippen LogP) is -0.109. The lowest BCUT2D eigenvalue weighted by Crippen LogP contribution is -2.73. The molecule has 0 aliphatic heterocycles. The molecule has 0 radical (unpaired) electrons. The van der Waals surface area contributed by atoms with Crippen LogP contribution in [0.5, 0.6) is 5.75 Å². The summed E-state index contributed by atoms with van der Waals surface area (Å²) in [6.07, 6.45) is -0.596. The number of rotatable bonds is 2. The number of primary amides is 1. The van der Waals surface area contributed by atoms with Gasteiger partial charge in [-0.3, -0.25) is 14.4 Å². The fourth-order valence-electron chi connectivity index (χ4n) is 5.91. The molecule has 4 rings (SSSR count). The monoisotopic (exact) mass is 468 g/mol. The van der Waals surface area contributed by atoms with Gasteiger partial charge in [0, 0.05) is 29.5 Å². The van der Waals surface area contributed by atoms with Crippen molar-refractivity contribution in [2.24, 2.45) is 23.5 Å². The number of aliphatic hydroxyl groups excluding tert-OH is 2. The number of hydrogen-bond acceptors (Lipinski definition) is 8. The largest absolute Gasteiger partial charge is 0.507 e. The van der Waals surface area contributed by atoms with Crippen molar-refractivity contribution < 1.29 is 34.8 Å². The zero-order valence-electron chi connectivity index (χ0n) is 19.2. The Morgan fingerprint density at radius 3 is 2.53 bits per heavy atom. The van der Waals surface area contributed by atoms with Crippen LogP contribution in [0.4, 0.5) is 0 Å². The number of likely N-dealkylation sites (N-methyl/N-ethyl adjacent to an activating group) is 1. The van der Waals surface area contributed by atoms with Crippen LogP contribution < -0.4 is 5.73 Å². The summed E-state index contributed by atoms with van der Waals surface area (Å²) in [5.74, 6) is -1.55. The lowest BCUT2D eigenvalue weighted by molar-refractivity contribution is -0.184. The number of nitrogens with zero attached hydrogens (tertiary/aromatic N) is 1. The Labute approximate surface area is 196 Å². The summed E-state index contributed by atoms with van der Waals surface area (Å²) in [7, 11) is 3.23. The van der Waals surface area contributed by atoms with E-state index >= 15 is 0 Å². The molecule has 0 heterocycles.